The van der Waals surface area contributed by atoms with E-state index in [1.165, 1.54) is 6.07 Å². The maximum Gasteiger partial charge on any atom is 0.141 e. The molecule has 0 aliphatic carbocycles. The van der Waals surface area contributed by atoms with Gasteiger partial charge in [-0.2, -0.15) is 0 Å². The molecule has 0 aromatic heterocycles. The van der Waals surface area contributed by atoms with Crippen LogP contribution in [0.2, 0.25) is 5.02 Å². The smallest absolute Gasteiger partial charge is 0.141 e. The minimum absolute atomic E-state index is 0.170. The predicted octanol–water partition coefficient (Wildman–Crippen LogP) is 3.39. The van der Waals surface area contributed by atoms with Crippen LogP contribution in [-0.2, 0) is 11.3 Å². The molecule has 1 rings (SSSR count). The highest BCUT2D eigenvalue weighted by Gasteiger charge is 2.00. The fourth-order valence-electron chi connectivity index (χ4n) is 1.38. The number of ether oxygens (including phenoxy) is 1. The van der Waals surface area contributed by atoms with E-state index in [4.69, 9.17) is 16.3 Å². The molecule has 4 heteroatoms. The van der Waals surface area contributed by atoms with Crippen molar-refractivity contribution in [1.82, 2.24) is 5.32 Å². The average molecular weight is 260 g/mol. The lowest BCUT2D eigenvalue weighted by Gasteiger charge is -2.06. The van der Waals surface area contributed by atoms with E-state index in [0.717, 1.165) is 31.6 Å². The summed E-state index contributed by atoms with van der Waals surface area (Å²) in [5, 5.41) is 3.39. The van der Waals surface area contributed by atoms with Crippen molar-refractivity contribution in [3.05, 3.63) is 34.6 Å². The largest absolute Gasteiger partial charge is 0.380 e. The summed E-state index contributed by atoms with van der Waals surface area (Å²) in [4.78, 5) is 0. The summed E-state index contributed by atoms with van der Waals surface area (Å²) in [6.45, 7) is 5.13. The van der Waals surface area contributed by atoms with Crippen molar-refractivity contribution >= 4 is 11.6 Å². The van der Waals surface area contributed by atoms with Crippen molar-refractivity contribution in [2.24, 2.45) is 0 Å². The molecule has 0 bridgehead atoms. The second-order valence-electron chi connectivity index (χ2n) is 3.89. The zero-order chi connectivity index (χ0) is 12.5. The fourth-order valence-corrected chi connectivity index (χ4v) is 1.58. The molecule has 17 heavy (non-hydrogen) atoms. The summed E-state index contributed by atoms with van der Waals surface area (Å²) < 4.78 is 18.3. The van der Waals surface area contributed by atoms with Crippen LogP contribution in [-0.4, -0.2) is 19.8 Å². The molecule has 2 nitrogen and oxygen atoms in total. The Labute approximate surface area is 107 Å². The highest BCUT2D eigenvalue weighted by Crippen LogP contribution is 2.15. The van der Waals surface area contributed by atoms with Gasteiger partial charge in [0.05, 0.1) is 11.6 Å². The third-order valence-corrected chi connectivity index (χ3v) is 2.67. The Morgan fingerprint density at radius 1 is 1.35 bits per heavy atom. The van der Waals surface area contributed by atoms with Crippen LogP contribution in [0.15, 0.2) is 18.2 Å². The van der Waals surface area contributed by atoms with Crippen molar-refractivity contribution in [2.45, 2.75) is 26.3 Å². The zero-order valence-corrected chi connectivity index (χ0v) is 10.9. The van der Waals surface area contributed by atoms with E-state index < -0.39 is 0 Å². The van der Waals surface area contributed by atoms with Crippen LogP contribution in [0.3, 0.4) is 0 Å². The molecule has 0 aliphatic rings. The first kappa shape index (κ1) is 14.4. The van der Waals surface area contributed by atoms with Gasteiger partial charge in [0, 0.05) is 19.7 Å². The molecule has 1 N–H and O–H groups in total. The predicted molar refractivity (Wildman–Crippen MR) is 68.8 cm³/mol. The Morgan fingerprint density at radius 3 is 2.88 bits per heavy atom. The highest BCUT2D eigenvalue weighted by atomic mass is 35.5. The van der Waals surface area contributed by atoms with Crippen LogP contribution in [0.25, 0.3) is 0 Å². The molecule has 0 saturated carbocycles. The number of benzene rings is 1. The number of hydrogen-bond acceptors (Lipinski definition) is 2. The molecular formula is C13H19ClFNO. The van der Waals surface area contributed by atoms with Gasteiger partial charge in [0.25, 0.3) is 0 Å². The summed E-state index contributed by atoms with van der Waals surface area (Å²) in [6.07, 6.45) is 2.26. The number of hydrogen-bond donors (Lipinski definition) is 1. The van der Waals surface area contributed by atoms with Gasteiger partial charge in [0.15, 0.2) is 0 Å². The summed E-state index contributed by atoms with van der Waals surface area (Å²) in [7, 11) is 0. The SMILES string of the molecule is CCCCOCCNCc1ccc(F)c(Cl)c1. The van der Waals surface area contributed by atoms with E-state index in [9.17, 15) is 4.39 Å². The van der Waals surface area contributed by atoms with Gasteiger partial charge in [0.1, 0.15) is 5.82 Å². The van der Waals surface area contributed by atoms with Gasteiger partial charge in [-0.3, -0.25) is 0 Å². The van der Waals surface area contributed by atoms with Crippen molar-refractivity contribution in [2.75, 3.05) is 19.8 Å². The average Bonchev–Trinajstić information content (AvgIpc) is 2.32. The van der Waals surface area contributed by atoms with Crippen LogP contribution in [0, 0.1) is 5.82 Å². The Hall–Kier alpha value is -0.640. The first-order valence-corrected chi connectivity index (χ1v) is 6.34. The summed E-state index contributed by atoms with van der Waals surface area (Å²) in [5.41, 5.74) is 0.977. The molecule has 0 fully saturated rings. The van der Waals surface area contributed by atoms with Crippen LogP contribution in [0.4, 0.5) is 4.39 Å². The lowest BCUT2D eigenvalue weighted by molar-refractivity contribution is 0.133. The van der Waals surface area contributed by atoms with Gasteiger partial charge < -0.3 is 10.1 Å². The lowest BCUT2D eigenvalue weighted by Crippen LogP contribution is -2.19. The van der Waals surface area contributed by atoms with Crippen molar-refractivity contribution < 1.29 is 9.13 Å². The quantitative estimate of drug-likeness (QED) is 0.723. The highest BCUT2D eigenvalue weighted by molar-refractivity contribution is 6.30. The molecule has 1 aromatic carbocycles. The normalized spacial score (nSPS) is 10.8. The summed E-state index contributed by atoms with van der Waals surface area (Å²) in [5.74, 6) is -0.377. The molecule has 1 aromatic rings. The number of halogens is 2. The molecular weight excluding hydrogens is 241 g/mol. The van der Waals surface area contributed by atoms with Gasteiger partial charge in [-0.1, -0.05) is 31.0 Å². The lowest BCUT2D eigenvalue weighted by atomic mass is 10.2. The van der Waals surface area contributed by atoms with E-state index in [-0.39, 0.29) is 10.8 Å². The van der Waals surface area contributed by atoms with Crippen LogP contribution in [0.5, 0.6) is 0 Å². The number of unbranched alkanes of at least 4 members (excludes halogenated alkanes) is 1. The number of nitrogens with one attached hydrogen (secondary N) is 1. The van der Waals surface area contributed by atoms with Crippen LogP contribution >= 0.6 is 11.6 Å². The second-order valence-corrected chi connectivity index (χ2v) is 4.30. The zero-order valence-electron chi connectivity index (χ0n) is 10.1. The Kier molecular flexibility index (Phi) is 7.17. The van der Waals surface area contributed by atoms with Crippen molar-refractivity contribution in [3.8, 4) is 0 Å². The standard InChI is InChI=1S/C13H19ClFNO/c1-2-3-7-17-8-6-16-10-11-4-5-13(15)12(14)9-11/h4-5,9,16H,2-3,6-8,10H2,1H3. The van der Waals surface area contributed by atoms with Gasteiger partial charge in [-0.25, -0.2) is 4.39 Å². The molecule has 0 saturated heterocycles. The third-order valence-electron chi connectivity index (χ3n) is 2.38. The van der Waals surface area contributed by atoms with E-state index in [1.54, 1.807) is 12.1 Å². The summed E-state index contributed by atoms with van der Waals surface area (Å²) >= 11 is 5.68. The Bertz CT molecular complexity index is 333. The molecule has 0 spiro atoms. The Morgan fingerprint density at radius 2 is 2.18 bits per heavy atom. The molecule has 0 radical (unpaired) electrons. The molecule has 0 amide bonds. The molecule has 0 aliphatic heterocycles. The first-order chi connectivity index (χ1) is 8.24. The van der Waals surface area contributed by atoms with Crippen LogP contribution in [0.1, 0.15) is 25.3 Å². The van der Waals surface area contributed by atoms with Gasteiger partial charge in [-0.05, 0) is 24.1 Å². The second kappa shape index (κ2) is 8.45. The maximum atomic E-state index is 12.9. The van der Waals surface area contributed by atoms with E-state index in [0.29, 0.717) is 13.2 Å². The minimum atomic E-state index is -0.377. The third kappa shape index (κ3) is 6.01. The molecule has 96 valence electrons. The van der Waals surface area contributed by atoms with E-state index in [2.05, 4.69) is 12.2 Å². The fraction of sp³-hybridized carbons (Fsp3) is 0.538. The molecule has 0 atom stereocenters. The topological polar surface area (TPSA) is 21.3 Å². The molecule has 0 heterocycles. The van der Waals surface area contributed by atoms with E-state index in [1.807, 2.05) is 0 Å². The Balaban J connectivity index is 2.11. The van der Waals surface area contributed by atoms with Crippen molar-refractivity contribution in [1.29, 1.82) is 0 Å². The summed E-state index contributed by atoms with van der Waals surface area (Å²) in [6, 6.07) is 4.76. The monoisotopic (exact) mass is 259 g/mol. The first-order valence-electron chi connectivity index (χ1n) is 5.96. The van der Waals surface area contributed by atoms with Crippen LogP contribution < -0.4 is 5.32 Å². The van der Waals surface area contributed by atoms with Gasteiger partial charge in [-0.15, -0.1) is 0 Å². The number of rotatable bonds is 8. The van der Waals surface area contributed by atoms with Gasteiger partial charge >= 0.3 is 0 Å². The maximum absolute atomic E-state index is 12.9. The molecule has 0 unspecified atom stereocenters. The van der Waals surface area contributed by atoms with Gasteiger partial charge in [0.2, 0.25) is 0 Å². The minimum Gasteiger partial charge on any atom is -0.380 e. The van der Waals surface area contributed by atoms with E-state index >= 15 is 0 Å². The van der Waals surface area contributed by atoms with Crippen molar-refractivity contribution in [3.63, 3.8) is 0 Å².